The Bertz CT molecular complexity index is 553. The van der Waals surface area contributed by atoms with Crippen LogP contribution >= 0.6 is 0 Å². The lowest BCUT2D eigenvalue weighted by Crippen LogP contribution is -2.05. The summed E-state index contributed by atoms with van der Waals surface area (Å²) in [6.45, 7) is 0.641. The van der Waals surface area contributed by atoms with E-state index in [1.54, 1.807) is 24.4 Å². The van der Waals surface area contributed by atoms with Gasteiger partial charge in [0.25, 0.3) is 0 Å². The number of aromatic hydroxyl groups is 1. The Morgan fingerprint density at radius 1 is 1.16 bits per heavy atom. The molecule has 2 N–H and O–H groups in total. The molecule has 0 fully saturated rings. The lowest BCUT2D eigenvalue weighted by atomic mass is 10.2. The SMILES string of the molecule is COc1cccc(C=NNCc2ccccc2)c1O. The van der Waals surface area contributed by atoms with Gasteiger partial charge in [-0.2, -0.15) is 5.10 Å². The van der Waals surface area contributed by atoms with Crippen molar-refractivity contribution in [2.75, 3.05) is 7.11 Å². The van der Waals surface area contributed by atoms with Gasteiger partial charge in [-0.05, 0) is 17.7 Å². The normalized spacial score (nSPS) is 10.6. The predicted molar refractivity (Wildman–Crippen MR) is 75.5 cm³/mol. The third-order valence-electron chi connectivity index (χ3n) is 2.67. The Labute approximate surface area is 112 Å². The minimum absolute atomic E-state index is 0.0928. The number of nitrogens with one attached hydrogen (secondary N) is 1. The summed E-state index contributed by atoms with van der Waals surface area (Å²) in [5.74, 6) is 0.530. The Morgan fingerprint density at radius 3 is 2.68 bits per heavy atom. The zero-order valence-electron chi connectivity index (χ0n) is 10.7. The van der Waals surface area contributed by atoms with Gasteiger partial charge in [-0.15, -0.1) is 0 Å². The fraction of sp³-hybridized carbons (Fsp3) is 0.133. The van der Waals surface area contributed by atoms with E-state index in [0.29, 0.717) is 17.9 Å². The standard InChI is InChI=1S/C15H16N2O2/c1-19-14-9-5-8-13(15(14)18)11-17-16-10-12-6-3-2-4-7-12/h2-9,11,16,18H,10H2,1H3. The van der Waals surface area contributed by atoms with Crippen LogP contribution in [0.3, 0.4) is 0 Å². The summed E-state index contributed by atoms with van der Waals surface area (Å²) in [5, 5.41) is 13.9. The number of methoxy groups -OCH3 is 1. The van der Waals surface area contributed by atoms with Crippen LogP contribution in [0.25, 0.3) is 0 Å². The van der Waals surface area contributed by atoms with E-state index in [1.165, 1.54) is 7.11 Å². The highest BCUT2D eigenvalue weighted by molar-refractivity contribution is 5.84. The van der Waals surface area contributed by atoms with E-state index in [4.69, 9.17) is 4.74 Å². The Hall–Kier alpha value is -2.49. The van der Waals surface area contributed by atoms with Gasteiger partial charge in [0.05, 0.1) is 19.9 Å². The summed E-state index contributed by atoms with van der Waals surface area (Å²) in [6, 6.07) is 15.2. The second-order valence-corrected chi connectivity index (χ2v) is 3.98. The van der Waals surface area contributed by atoms with Gasteiger partial charge in [0.2, 0.25) is 0 Å². The van der Waals surface area contributed by atoms with Crippen molar-refractivity contribution in [1.82, 2.24) is 5.43 Å². The number of phenolic OH excluding ortho intramolecular Hbond substituents is 1. The molecule has 0 aliphatic heterocycles. The topological polar surface area (TPSA) is 53.8 Å². The molecule has 0 aliphatic carbocycles. The van der Waals surface area contributed by atoms with Crippen LogP contribution in [0.2, 0.25) is 0 Å². The fourth-order valence-electron chi connectivity index (χ4n) is 1.66. The first-order chi connectivity index (χ1) is 9.31. The van der Waals surface area contributed by atoms with Crippen LogP contribution in [-0.2, 0) is 6.54 Å². The third-order valence-corrected chi connectivity index (χ3v) is 2.67. The largest absolute Gasteiger partial charge is 0.504 e. The minimum atomic E-state index is 0.0928. The van der Waals surface area contributed by atoms with Crippen molar-refractivity contribution >= 4 is 6.21 Å². The highest BCUT2D eigenvalue weighted by Gasteiger charge is 2.04. The average molecular weight is 256 g/mol. The molecule has 2 aromatic carbocycles. The first-order valence-corrected chi connectivity index (χ1v) is 5.97. The molecule has 4 heteroatoms. The second kappa shape index (κ2) is 6.44. The van der Waals surface area contributed by atoms with E-state index < -0.39 is 0 Å². The predicted octanol–water partition coefficient (Wildman–Crippen LogP) is 2.52. The first-order valence-electron chi connectivity index (χ1n) is 5.97. The molecule has 98 valence electrons. The molecule has 2 aromatic rings. The van der Waals surface area contributed by atoms with Crippen molar-refractivity contribution in [3.05, 3.63) is 59.7 Å². The van der Waals surface area contributed by atoms with E-state index in [2.05, 4.69) is 10.5 Å². The number of hydrogen-bond acceptors (Lipinski definition) is 4. The number of rotatable bonds is 5. The maximum Gasteiger partial charge on any atom is 0.166 e. The van der Waals surface area contributed by atoms with Gasteiger partial charge in [-0.1, -0.05) is 36.4 Å². The highest BCUT2D eigenvalue weighted by Crippen LogP contribution is 2.27. The fourth-order valence-corrected chi connectivity index (χ4v) is 1.66. The molecule has 0 atom stereocenters. The van der Waals surface area contributed by atoms with Gasteiger partial charge in [0.15, 0.2) is 11.5 Å². The molecule has 0 heterocycles. The van der Waals surface area contributed by atoms with Crippen molar-refractivity contribution in [3.8, 4) is 11.5 Å². The van der Waals surface area contributed by atoms with E-state index in [9.17, 15) is 5.11 Å². The van der Waals surface area contributed by atoms with Crippen LogP contribution in [0.5, 0.6) is 11.5 Å². The van der Waals surface area contributed by atoms with Gasteiger partial charge >= 0.3 is 0 Å². The molecule has 0 unspecified atom stereocenters. The van der Waals surface area contributed by atoms with Gasteiger partial charge in [-0.3, -0.25) is 0 Å². The molecule has 0 bridgehead atoms. The molecule has 2 rings (SSSR count). The highest BCUT2D eigenvalue weighted by atomic mass is 16.5. The monoisotopic (exact) mass is 256 g/mol. The van der Waals surface area contributed by atoms with Gasteiger partial charge in [-0.25, -0.2) is 0 Å². The molecule has 0 amide bonds. The number of para-hydroxylation sites is 1. The van der Waals surface area contributed by atoms with Gasteiger partial charge < -0.3 is 15.3 Å². The molecule has 0 aliphatic rings. The molecule has 0 saturated carbocycles. The van der Waals surface area contributed by atoms with E-state index in [0.717, 1.165) is 5.56 Å². The Balaban J connectivity index is 1.96. The number of hydrazone groups is 1. The smallest absolute Gasteiger partial charge is 0.166 e. The quantitative estimate of drug-likeness (QED) is 0.638. The van der Waals surface area contributed by atoms with E-state index >= 15 is 0 Å². The second-order valence-electron chi connectivity index (χ2n) is 3.98. The summed E-state index contributed by atoms with van der Waals surface area (Å²) in [4.78, 5) is 0. The zero-order valence-corrected chi connectivity index (χ0v) is 10.7. The number of hydrogen-bond donors (Lipinski definition) is 2. The van der Waals surface area contributed by atoms with Crippen LogP contribution in [-0.4, -0.2) is 18.4 Å². The van der Waals surface area contributed by atoms with Crippen molar-refractivity contribution < 1.29 is 9.84 Å². The van der Waals surface area contributed by atoms with Crippen LogP contribution in [0, 0.1) is 0 Å². The molecule has 0 radical (unpaired) electrons. The van der Waals surface area contributed by atoms with Crippen molar-refractivity contribution in [3.63, 3.8) is 0 Å². The molecule has 0 saturated heterocycles. The molecular weight excluding hydrogens is 240 g/mol. The maximum atomic E-state index is 9.86. The first kappa shape index (κ1) is 13.0. The molecular formula is C15H16N2O2. The Morgan fingerprint density at radius 2 is 1.95 bits per heavy atom. The summed E-state index contributed by atoms with van der Waals surface area (Å²) < 4.78 is 5.03. The summed E-state index contributed by atoms with van der Waals surface area (Å²) in [6.07, 6.45) is 1.57. The maximum absolute atomic E-state index is 9.86. The van der Waals surface area contributed by atoms with Crippen LogP contribution in [0.15, 0.2) is 53.6 Å². The van der Waals surface area contributed by atoms with E-state index in [1.807, 2.05) is 30.3 Å². The van der Waals surface area contributed by atoms with Crippen LogP contribution in [0.4, 0.5) is 0 Å². The van der Waals surface area contributed by atoms with Gasteiger partial charge in [0, 0.05) is 5.56 Å². The summed E-state index contributed by atoms with van der Waals surface area (Å²) in [7, 11) is 1.52. The lowest BCUT2D eigenvalue weighted by Gasteiger charge is -2.05. The van der Waals surface area contributed by atoms with Crippen LogP contribution < -0.4 is 10.2 Å². The number of ether oxygens (including phenoxy) is 1. The van der Waals surface area contributed by atoms with Crippen molar-refractivity contribution in [1.29, 1.82) is 0 Å². The lowest BCUT2D eigenvalue weighted by molar-refractivity contribution is 0.373. The van der Waals surface area contributed by atoms with Crippen LogP contribution in [0.1, 0.15) is 11.1 Å². The zero-order chi connectivity index (χ0) is 13.5. The Kier molecular flexibility index (Phi) is 4.39. The van der Waals surface area contributed by atoms with Crippen molar-refractivity contribution in [2.45, 2.75) is 6.54 Å². The number of benzene rings is 2. The van der Waals surface area contributed by atoms with Gasteiger partial charge in [0.1, 0.15) is 0 Å². The average Bonchev–Trinajstić information content (AvgIpc) is 2.46. The van der Waals surface area contributed by atoms with E-state index in [-0.39, 0.29) is 5.75 Å². The molecule has 4 nitrogen and oxygen atoms in total. The number of nitrogens with zero attached hydrogens (tertiary/aromatic N) is 1. The molecule has 0 aromatic heterocycles. The molecule has 19 heavy (non-hydrogen) atoms. The number of phenols is 1. The summed E-state index contributed by atoms with van der Waals surface area (Å²) in [5.41, 5.74) is 4.69. The minimum Gasteiger partial charge on any atom is -0.504 e. The van der Waals surface area contributed by atoms with Crippen molar-refractivity contribution in [2.24, 2.45) is 5.10 Å². The summed E-state index contributed by atoms with van der Waals surface area (Å²) >= 11 is 0. The third kappa shape index (κ3) is 3.48. The molecule has 0 spiro atoms.